The molecule has 0 fully saturated rings. The van der Waals surface area contributed by atoms with E-state index in [0.717, 1.165) is 6.07 Å². The zero-order valence-electron chi connectivity index (χ0n) is 12.1. The van der Waals surface area contributed by atoms with E-state index in [2.05, 4.69) is 4.72 Å². The normalized spacial score (nSPS) is 13.9. The molecule has 9 heteroatoms. The highest BCUT2D eigenvalue weighted by Gasteiger charge is 2.34. The molecule has 1 aromatic rings. The molecule has 1 unspecified atom stereocenters. The molecule has 0 aliphatic rings. The molecule has 0 amide bonds. The van der Waals surface area contributed by atoms with Gasteiger partial charge in [0.1, 0.15) is 0 Å². The Balaban J connectivity index is 3.17. The van der Waals surface area contributed by atoms with Crippen molar-refractivity contribution in [3.63, 3.8) is 0 Å². The third-order valence-corrected chi connectivity index (χ3v) is 4.44. The van der Waals surface area contributed by atoms with Gasteiger partial charge in [-0.25, -0.2) is 13.1 Å². The zero-order chi connectivity index (χ0) is 17.7. The highest BCUT2D eigenvalue weighted by Crippen LogP contribution is 2.32. The number of hydrogen-bond acceptors (Lipinski definition) is 4. The maximum atomic E-state index is 12.7. The van der Waals surface area contributed by atoms with Crippen molar-refractivity contribution in [3.8, 4) is 6.07 Å². The molecular formula is C14H15F3N2O3S. The van der Waals surface area contributed by atoms with E-state index in [9.17, 15) is 21.6 Å². The van der Waals surface area contributed by atoms with Gasteiger partial charge in [0, 0.05) is 6.04 Å². The van der Waals surface area contributed by atoms with Crippen LogP contribution in [-0.4, -0.2) is 26.2 Å². The van der Waals surface area contributed by atoms with Gasteiger partial charge in [-0.15, -0.1) is 0 Å². The van der Waals surface area contributed by atoms with E-state index in [1.807, 2.05) is 0 Å². The Bertz CT molecular complexity index is 722. The Labute approximate surface area is 132 Å². The standard InChI is InChI=1S/C14H15F3N2O3S/c1-2-3-4-11(9-20)19-23(21,22)12-5-6-13(14(15,16)17)10(7-12)8-18/h2-3,5-7,11,19-20H,4,9H2,1H3. The molecule has 5 nitrogen and oxygen atoms in total. The fourth-order valence-corrected chi connectivity index (χ4v) is 3.04. The van der Waals surface area contributed by atoms with Gasteiger partial charge < -0.3 is 5.11 Å². The number of nitrogens with one attached hydrogen (secondary N) is 1. The van der Waals surface area contributed by atoms with Crippen molar-refractivity contribution in [2.45, 2.75) is 30.5 Å². The molecule has 1 aromatic carbocycles. The van der Waals surface area contributed by atoms with Crippen LogP contribution in [0.2, 0.25) is 0 Å². The number of benzene rings is 1. The molecule has 2 N–H and O–H groups in total. The summed E-state index contributed by atoms with van der Waals surface area (Å²) >= 11 is 0. The lowest BCUT2D eigenvalue weighted by Gasteiger charge is -2.16. The topological polar surface area (TPSA) is 90.2 Å². The van der Waals surface area contributed by atoms with Crippen LogP contribution in [0.5, 0.6) is 0 Å². The first kappa shape index (κ1) is 19.2. The summed E-state index contributed by atoms with van der Waals surface area (Å²) in [5.41, 5.74) is -1.99. The Hall–Kier alpha value is -1.89. The number of rotatable bonds is 6. The van der Waals surface area contributed by atoms with Crippen molar-refractivity contribution < 1.29 is 26.7 Å². The van der Waals surface area contributed by atoms with Crippen molar-refractivity contribution >= 4 is 10.0 Å². The van der Waals surface area contributed by atoms with Crippen LogP contribution in [0.25, 0.3) is 0 Å². The Kier molecular flexibility index (Phi) is 6.32. The average molecular weight is 348 g/mol. The molecule has 0 saturated heterocycles. The van der Waals surface area contributed by atoms with Crippen molar-refractivity contribution in [2.24, 2.45) is 0 Å². The predicted molar refractivity (Wildman–Crippen MR) is 76.8 cm³/mol. The van der Waals surface area contributed by atoms with Crippen LogP contribution in [0.1, 0.15) is 24.5 Å². The molecule has 0 heterocycles. The minimum absolute atomic E-state index is 0.220. The van der Waals surface area contributed by atoms with E-state index in [4.69, 9.17) is 10.4 Å². The predicted octanol–water partition coefficient (Wildman–Crippen LogP) is 2.18. The molecule has 0 radical (unpaired) electrons. The SMILES string of the molecule is CC=CCC(CO)NS(=O)(=O)c1ccc(C(F)(F)F)c(C#N)c1. The molecule has 0 aliphatic carbocycles. The van der Waals surface area contributed by atoms with E-state index >= 15 is 0 Å². The fourth-order valence-electron chi connectivity index (χ4n) is 1.78. The molecule has 0 bridgehead atoms. The maximum Gasteiger partial charge on any atom is 0.417 e. The minimum atomic E-state index is -4.75. The van der Waals surface area contributed by atoms with Crippen molar-refractivity contribution in [2.75, 3.05) is 6.61 Å². The number of hydrogen-bond donors (Lipinski definition) is 2. The van der Waals surface area contributed by atoms with E-state index in [-0.39, 0.29) is 6.42 Å². The molecule has 0 saturated carbocycles. The van der Waals surface area contributed by atoms with Crippen molar-refractivity contribution in [3.05, 3.63) is 41.5 Å². The van der Waals surface area contributed by atoms with E-state index in [1.165, 1.54) is 6.07 Å². The summed E-state index contributed by atoms with van der Waals surface area (Å²) in [7, 11) is -4.16. The van der Waals surface area contributed by atoms with Gasteiger partial charge in [0.15, 0.2) is 0 Å². The van der Waals surface area contributed by atoms with Crippen LogP contribution >= 0.6 is 0 Å². The summed E-state index contributed by atoms with van der Waals surface area (Å²) < 4.78 is 64.6. The summed E-state index contributed by atoms with van der Waals surface area (Å²) in [6.07, 6.45) is -1.22. The lowest BCUT2D eigenvalue weighted by Crippen LogP contribution is -2.37. The molecule has 23 heavy (non-hydrogen) atoms. The lowest BCUT2D eigenvalue weighted by molar-refractivity contribution is -0.137. The number of aliphatic hydroxyl groups excluding tert-OH is 1. The number of nitrogens with zero attached hydrogens (tertiary/aromatic N) is 1. The van der Waals surface area contributed by atoms with Crippen LogP contribution in [0, 0.1) is 11.3 Å². The van der Waals surface area contributed by atoms with E-state index in [0.29, 0.717) is 12.1 Å². The minimum Gasteiger partial charge on any atom is -0.395 e. The fraction of sp³-hybridized carbons (Fsp3) is 0.357. The molecule has 0 aromatic heterocycles. The van der Waals surface area contributed by atoms with Gasteiger partial charge in [0.2, 0.25) is 10.0 Å². The van der Waals surface area contributed by atoms with Gasteiger partial charge in [-0.05, 0) is 31.5 Å². The second-order valence-electron chi connectivity index (χ2n) is 4.62. The first-order valence-corrected chi connectivity index (χ1v) is 7.99. The average Bonchev–Trinajstić information content (AvgIpc) is 2.49. The monoisotopic (exact) mass is 348 g/mol. The Morgan fingerprint density at radius 3 is 2.57 bits per heavy atom. The van der Waals surface area contributed by atoms with Crippen LogP contribution < -0.4 is 4.72 Å². The summed E-state index contributed by atoms with van der Waals surface area (Å²) in [5, 5.41) is 18.0. The molecular weight excluding hydrogens is 333 g/mol. The molecule has 1 rings (SSSR count). The van der Waals surface area contributed by atoms with Crippen molar-refractivity contribution in [1.82, 2.24) is 4.72 Å². The molecule has 0 spiro atoms. The quantitative estimate of drug-likeness (QED) is 0.771. The van der Waals surface area contributed by atoms with Crippen molar-refractivity contribution in [1.29, 1.82) is 5.26 Å². The van der Waals surface area contributed by atoms with E-state index < -0.39 is 44.9 Å². The largest absolute Gasteiger partial charge is 0.417 e. The summed E-state index contributed by atoms with van der Waals surface area (Å²) in [5.74, 6) is 0. The number of aliphatic hydroxyl groups is 1. The van der Waals surface area contributed by atoms with Crippen LogP contribution in [0.15, 0.2) is 35.2 Å². The van der Waals surface area contributed by atoms with Gasteiger partial charge in [0.05, 0.1) is 28.7 Å². The molecule has 126 valence electrons. The van der Waals surface area contributed by atoms with Gasteiger partial charge in [-0.1, -0.05) is 12.2 Å². The summed E-state index contributed by atoms with van der Waals surface area (Å²) in [6, 6.07) is 2.51. The Morgan fingerprint density at radius 1 is 1.43 bits per heavy atom. The third-order valence-electron chi connectivity index (χ3n) is 2.93. The Morgan fingerprint density at radius 2 is 2.09 bits per heavy atom. The van der Waals surface area contributed by atoms with Crippen LogP contribution in [-0.2, 0) is 16.2 Å². The lowest BCUT2D eigenvalue weighted by atomic mass is 10.1. The second kappa shape index (κ2) is 7.59. The maximum absolute atomic E-state index is 12.7. The molecule has 0 aliphatic heterocycles. The number of halogens is 3. The first-order chi connectivity index (χ1) is 10.7. The zero-order valence-corrected chi connectivity index (χ0v) is 12.9. The highest BCUT2D eigenvalue weighted by molar-refractivity contribution is 7.89. The van der Waals surface area contributed by atoms with Gasteiger partial charge in [-0.3, -0.25) is 0 Å². The van der Waals surface area contributed by atoms with Crippen LogP contribution in [0.4, 0.5) is 13.2 Å². The number of allylic oxidation sites excluding steroid dienone is 1. The number of sulfonamides is 1. The smallest absolute Gasteiger partial charge is 0.395 e. The van der Waals surface area contributed by atoms with Crippen LogP contribution in [0.3, 0.4) is 0 Å². The number of alkyl halides is 3. The van der Waals surface area contributed by atoms with Gasteiger partial charge in [-0.2, -0.15) is 18.4 Å². The third kappa shape index (κ3) is 5.06. The summed E-state index contributed by atoms with van der Waals surface area (Å²) in [6.45, 7) is 1.24. The summed E-state index contributed by atoms with van der Waals surface area (Å²) in [4.78, 5) is -0.471. The van der Waals surface area contributed by atoms with E-state index in [1.54, 1.807) is 19.1 Å². The number of nitriles is 1. The molecule has 1 atom stereocenters. The van der Waals surface area contributed by atoms with Gasteiger partial charge >= 0.3 is 6.18 Å². The highest BCUT2D eigenvalue weighted by atomic mass is 32.2. The van der Waals surface area contributed by atoms with Gasteiger partial charge in [0.25, 0.3) is 0 Å². The second-order valence-corrected chi connectivity index (χ2v) is 6.34. The first-order valence-electron chi connectivity index (χ1n) is 6.51.